The van der Waals surface area contributed by atoms with E-state index >= 15 is 0 Å². The number of aliphatic hydroxyl groups excluding tert-OH is 1. The van der Waals surface area contributed by atoms with Crippen LogP contribution in [-0.2, 0) is 17.6 Å². The maximum atomic E-state index is 11.3. The number of aryl methyl sites for hydroxylation is 2. The van der Waals surface area contributed by atoms with Crippen molar-refractivity contribution in [3.63, 3.8) is 0 Å². The number of rotatable bonds is 4. The van der Waals surface area contributed by atoms with Crippen LogP contribution in [0.1, 0.15) is 31.9 Å². The number of aliphatic hydroxyl groups is 1. The molecule has 16 heavy (non-hydrogen) atoms. The SMILES string of the molecule is CCc1ccc(NC(=O)[C@@H](C)O)cc1CC. The maximum Gasteiger partial charge on any atom is 0.252 e. The van der Waals surface area contributed by atoms with Gasteiger partial charge in [0.05, 0.1) is 0 Å². The van der Waals surface area contributed by atoms with Gasteiger partial charge in [-0.2, -0.15) is 0 Å². The van der Waals surface area contributed by atoms with Crippen molar-refractivity contribution in [3.05, 3.63) is 29.3 Å². The molecule has 2 N–H and O–H groups in total. The molecular weight excluding hydrogens is 202 g/mol. The molecule has 0 aromatic heterocycles. The van der Waals surface area contributed by atoms with E-state index in [1.807, 2.05) is 18.2 Å². The first-order valence-electron chi connectivity index (χ1n) is 5.69. The minimum Gasteiger partial charge on any atom is -0.384 e. The second kappa shape index (κ2) is 5.66. The Balaban J connectivity index is 2.87. The van der Waals surface area contributed by atoms with Crippen molar-refractivity contribution < 1.29 is 9.90 Å². The van der Waals surface area contributed by atoms with E-state index in [9.17, 15) is 4.79 Å². The number of carbonyl (C=O) groups is 1. The zero-order valence-electron chi connectivity index (χ0n) is 10.1. The van der Waals surface area contributed by atoms with Gasteiger partial charge in [-0.05, 0) is 43.0 Å². The van der Waals surface area contributed by atoms with Gasteiger partial charge in [0.2, 0.25) is 0 Å². The first kappa shape index (κ1) is 12.7. The lowest BCUT2D eigenvalue weighted by molar-refractivity contribution is -0.123. The molecule has 0 fully saturated rings. The molecule has 0 bridgehead atoms. The molecule has 0 radical (unpaired) electrons. The minimum absolute atomic E-state index is 0.369. The number of anilines is 1. The number of benzene rings is 1. The zero-order chi connectivity index (χ0) is 12.1. The second-order valence-electron chi connectivity index (χ2n) is 3.86. The molecule has 3 heteroatoms. The van der Waals surface area contributed by atoms with Crippen molar-refractivity contribution in [2.24, 2.45) is 0 Å². The fraction of sp³-hybridized carbons (Fsp3) is 0.462. The highest BCUT2D eigenvalue weighted by Gasteiger charge is 2.09. The first-order valence-corrected chi connectivity index (χ1v) is 5.69. The Kier molecular flexibility index (Phi) is 4.50. The number of hydrogen-bond acceptors (Lipinski definition) is 2. The third-order valence-corrected chi connectivity index (χ3v) is 2.62. The summed E-state index contributed by atoms with van der Waals surface area (Å²) in [5.74, 6) is -0.369. The topological polar surface area (TPSA) is 49.3 Å². The summed E-state index contributed by atoms with van der Waals surface area (Å²) in [6.07, 6.45) is 0.964. The number of hydrogen-bond donors (Lipinski definition) is 2. The predicted octanol–water partition coefficient (Wildman–Crippen LogP) is 2.13. The predicted molar refractivity (Wildman–Crippen MR) is 65.5 cm³/mol. The molecule has 3 nitrogen and oxygen atoms in total. The average Bonchev–Trinajstić information content (AvgIpc) is 2.28. The highest BCUT2D eigenvalue weighted by molar-refractivity contribution is 5.93. The molecular formula is C13H19NO2. The monoisotopic (exact) mass is 221 g/mol. The van der Waals surface area contributed by atoms with Crippen molar-refractivity contribution in [2.45, 2.75) is 39.7 Å². The van der Waals surface area contributed by atoms with E-state index in [0.717, 1.165) is 18.5 Å². The first-order chi connectivity index (χ1) is 7.58. The highest BCUT2D eigenvalue weighted by Crippen LogP contribution is 2.17. The molecule has 0 aliphatic heterocycles. The van der Waals surface area contributed by atoms with Gasteiger partial charge in [-0.3, -0.25) is 4.79 Å². The van der Waals surface area contributed by atoms with E-state index in [1.165, 1.54) is 18.1 Å². The molecule has 0 unspecified atom stereocenters. The summed E-state index contributed by atoms with van der Waals surface area (Å²) in [7, 11) is 0. The van der Waals surface area contributed by atoms with Crippen LogP contribution < -0.4 is 5.32 Å². The van der Waals surface area contributed by atoms with Gasteiger partial charge < -0.3 is 10.4 Å². The Morgan fingerprint density at radius 2 is 1.94 bits per heavy atom. The van der Waals surface area contributed by atoms with E-state index in [4.69, 9.17) is 5.11 Å². The van der Waals surface area contributed by atoms with Gasteiger partial charge in [0.1, 0.15) is 6.10 Å². The van der Waals surface area contributed by atoms with Crippen LogP contribution in [0.5, 0.6) is 0 Å². The van der Waals surface area contributed by atoms with Crippen molar-refractivity contribution in [1.29, 1.82) is 0 Å². The molecule has 1 amide bonds. The summed E-state index contributed by atoms with van der Waals surface area (Å²) in [5, 5.41) is 11.8. The van der Waals surface area contributed by atoms with Crippen molar-refractivity contribution in [2.75, 3.05) is 5.32 Å². The highest BCUT2D eigenvalue weighted by atomic mass is 16.3. The molecule has 0 spiro atoms. The molecule has 0 aliphatic rings. The summed E-state index contributed by atoms with van der Waals surface area (Å²) >= 11 is 0. The Hall–Kier alpha value is -1.35. The fourth-order valence-corrected chi connectivity index (χ4v) is 1.62. The van der Waals surface area contributed by atoms with Gasteiger partial charge >= 0.3 is 0 Å². The molecule has 1 atom stereocenters. The molecule has 0 heterocycles. The summed E-state index contributed by atoms with van der Waals surface area (Å²) in [4.78, 5) is 11.3. The lowest BCUT2D eigenvalue weighted by Crippen LogP contribution is -2.24. The normalized spacial score (nSPS) is 12.2. The number of nitrogens with one attached hydrogen (secondary N) is 1. The zero-order valence-corrected chi connectivity index (χ0v) is 10.1. The minimum atomic E-state index is -0.976. The van der Waals surface area contributed by atoms with Crippen LogP contribution in [0.15, 0.2) is 18.2 Å². The number of carbonyl (C=O) groups excluding carboxylic acids is 1. The van der Waals surface area contributed by atoms with Crippen LogP contribution >= 0.6 is 0 Å². The summed E-state index contributed by atoms with van der Waals surface area (Å²) in [6, 6.07) is 5.87. The molecule has 88 valence electrons. The van der Waals surface area contributed by atoms with Crippen LogP contribution in [0, 0.1) is 0 Å². The van der Waals surface area contributed by atoms with E-state index in [1.54, 1.807) is 0 Å². The van der Waals surface area contributed by atoms with Gasteiger partial charge in [0.15, 0.2) is 0 Å². The third-order valence-electron chi connectivity index (χ3n) is 2.62. The lowest BCUT2D eigenvalue weighted by Gasteiger charge is -2.11. The number of amides is 1. The smallest absolute Gasteiger partial charge is 0.252 e. The average molecular weight is 221 g/mol. The standard InChI is InChI=1S/C13H19NO2/c1-4-10-6-7-12(8-11(10)5-2)14-13(16)9(3)15/h6-9,15H,4-5H2,1-3H3,(H,14,16)/t9-/m1/s1. The fourth-order valence-electron chi connectivity index (χ4n) is 1.62. The van der Waals surface area contributed by atoms with Gasteiger partial charge in [-0.25, -0.2) is 0 Å². The van der Waals surface area contributed by atoms with Crippen molar-refractivity contribution in [1.82, 2.24) is 0 Å². The van der Waals surface area contributed by atoms with Crippen LogP contribution in [-0.4, -0.2) is 17.1 Å². The Bertz CT molecular complexity index is 372. The van der Waals surface area contributed by atoms with Gasteiger partial charge in [-0.15, -0.1) is 0 Å². The van der Waals surface area contributed by atoms with Crippen LogP contribution in [0.3, 0.4) is 0 Å². The summed E-state index contributed by atoms with van der Waals surface area (Å²) in [6.45, 7) is 5.66. The Morgan fingerprint density at radius 1 is 1.31 bits per heavy atom. The van der Waals surface area contributed by atoms with Gasteiger partial charge in [0, 0.05) is 5.69 Å². The van der Waals surface area contributed by atoms with Crippen molar-refractivity contribution in [3.8, 4) is 0 Å². The maximum absolute atomic E-state index is 11.3. The quantitative estimate of drug-likeness (QED) is 0.818. The lowest BCUT2D eigenvalue weighted by atomic mass is 10.0. The van der Waals surface area contributed by atoms with Gasteiger partial charge in [0.25, 0.3) is 5.91 Å². The van der Waals surface area contributed by atoms with E-state index in [-0.39, 0.29) is 5.91 Å². The van der Waals surface area contributed by atoms with Crippen molar-refractivity contribution >= 4 is 11.6 Å². The third kappa shape index (κ3) is 3.07. The molecule has 0 saturated heterocycles. The van der Waals surface area contributed by atoms with E-state index < -0.39 is 6.10 Å². The largest absolute Gasteiger partial charge is 0.384 e. The summed E-state index contributed by atoms with van der Waals surface area (Å²) in [5.41, 5.74) is 3.29. The molecule has 1 aromatic carbocycles. The summed E-state index contributed by atoms with van der Waals surface area (Å²) < 4.78 is 0. The molecule has 1 rings (SSSR count). The molecule has 1 aromatic rings. The second-order valence-corrected chi connectivity index (χ2v) is 3.86. The molecule has 0 aliphatic carbocycles. The van der Waals surface area contributed by atoms with E-state index in [0.29, 0.717) is 0 Å². The van der Waals surface area contributed by atoms with Crippen LogP contribution in [0.4, 0.5) is 5.69 Å². The van der Waals surface area contributed by atoms with Crippen LogP contribution in [0.2, 0.25) is 0 Å². The van der Waals surface area contributed by atoms with Gasteiger partial charge in [-0.1, -0.05) is 19.9 Å². The van der Waals surface area contributed by atoms with Crippen LogP contribution in [0.25, 0.3) is 0 Å². The van der Waals surface area contributed by atoms with E-state index in [2.05, 4.69) is 19.2 Å². The molecule has 0 saturated carbocycles. The Morgan fingerprint density at radius 3 is 2.44 bits per heavy atom. The Labute approximate surface area is 96.5 Å².